The number of amides is 1. The van der Waals surface area contributed by atoms with Gasteiger partial charge < -0.3 is 21.3 Å². The Morgan fingerprint density at radius 1 is 1.09 bits per heavy atom. The van der Waals surface area contributed by atoms with Gasteiger partial charge in [-0.05, 0) is 51.6 Å². The van der Waals surface area contributed by atoms with Gasteiger partial charge in [-0.2, -0.15) is 0 Å². The van der Waals surface area contributed by atoms with Gasteiger partial charge in [0.25, 0.3) is 0 Å². The Bertz CT molecular complexity index is 371. The number of halogens is 1. The second-order valence-electron chi connectivity index (χ2n) is 6.18. The minimum atomic E-state index is -0.160. The van der Waals surface area contributed by atoms with Gasteiger partial charge in [0.1, 0.15) is 0 Å². The van der Waals surface area contributed by atoms with Gasteiger partial charge in [-0.25, -0.2) is 0 Å². The Morgan fingerprint density at radius 2 is 1.82 bits per heavy atom. The van der Waals surface area contributed by atoms with Gasteiger partial charge in [-0.1, -0.05) is 0 Å². The lowest BCUT2D eigenvalue weighted by Gasteiger charge is -2.31. The van der Waals surface area contributed by atoms with Crippen molar-refractivity contribution in [2.75, 3.05) is 39.3 Å². The first kappa shape index (κ1) is 19.5. The molecule has 1 atom stereocenters. The number of aliphatic imine (C=N–C) groups is 1. The molecular formula is C15H30IN5O. The van der Waals surface area contributed by atoms with Gasteiger partial charge in [-0.3, -0.25) is 9.79 Å². The number of rotatable bonds is 5. The zero-order valence-corrected chi connectivity index (χ0v) is 15.7. The second-order valence-corrected chi connectivity index (χ2v) is 6.18. The van der Waals surface area contributed by atoms with E-state index >= 15 is 0 Å². The second kappa shape index (κ2) is 10.3. The van der Waals surface area contributed by atoms with Crippen LogP contribution in [0.25, 0.3) is 0 Å². The molecule has 1 unspecified atom stereocenters. The summed E-state index contributed by atoms with van der Waals surface area (Å²) in [5.41, 5.74) is 11.4. The number of likely N-dealkylation sites (tertiary alicyclic amines) is 2. The van der Waals surface area contributed by atoms with Crippen LogP contribution in [0.3, 0.4) is 0 Å². The minimum absolute atomic E-state index is 0. The van der Waals surface area contributed by atoms with Crippen molar-refractivity contribution < 1.29 is 4.79 Å². The number of nitrogens with two attached hydrogens (primary N) is 2. The van der Waals surface area contributed by atoms with E-state index in [1.54, 1.807) is 0 Å². The Kier molecular flexibility index (Phi) is 9.08. The molecule has 6 nitrogen and oxygen atoms in total. The maximum Gasteiger partial charge on any atom is 0.221 e. The lowest BCUT2D eigenvalue weighted by atomic mass is 9.97. The van der Waals surface area contributed by atoms with E-state index in [-0.39, 0.29) is 35.8 Å². The predicted octanol–water partition coefficient (Wildman–Crippen LogP) is 0.992. The van der Waals surface area contributed by atoms with E-state index in [1.165, 1.54) is 19.3 Å². The van der Waals surface area contributed by atoms with E-state index in [9.17, 15) is 4.79 Å². The number of nitrogens with zero attached hydrogens (tertiary/aromatic N) is 3. The minimum Gasteiger partial charge on any atom is -0.370 e. The van der Waals surface area contributed by atoms with E-state index in [0.29, 0.717) is 5.96 Å². The van der Waals surface area contributed by atoms with Crippen molar-refractivity contribution in [3.63, 3.8) is 0 Å². The SMILES string of the molecule is I.NC(=O)C1CCCN(CCCN=C(N)N2CCCCC2)C1. The van der Waals surface area contributed by atoms with E-state index < -0.39 is 0 Å². The highest BCUT2D eigenvalue weighted by Gasteiger charge is 2.23. The average molecular weight is 423 g/mol. The molecule has 0 saturated carbocycles. The van der Waals surface area contributed by atoms with E-state index in [2.05, 4.69) is 14.8 Å². The van der Waals surface area contributed by atoms with Crippen molar-refractivity contribution in [3.8, 4) is 0 Å². The highest BCUT2D eigenvalue weighted by Crippen LogP contribution is 2.16. The Hall–Kier alpha value is -0.570. The molecular weight excluding hydrogens is 393 g/mol. The molecule has 22 heavy (non-hydrogen) atoms. The molecule has 0 aliphatic carbocycles. The molecule has 2 saturated heterocycles. The van der Waals surface area contributed by atoms with Gasteiger partial charge in [0.2, 0.25) is 5.91 Å². The van der Waals surface area contributed by atoms with Crippen molar-refractivity contribution >= 4 is 35.8 Å². The fourth-order valence-electron chi connectivity index (χ4n) is 3.20. The zero-order chi connectivity index (χ0) is 15.1. The molecule has 0 spiro atoms. The third kappa shape index (κ3) is 6.28. The fourth-order valence-corrected chi connectivity index (χ4v) is 3.20. The topological polar surface area (TPSA) is 88.0 Å². The monoisotopic (exact) mass is 423 g/mol. The molecule has 0 aromatic rings. The van der Waals surface area contributed by atoms with Crippen LogP contribution in [0.15, 0.2) is 4.99 Å². The number of carbonyl (C=O) groups is 1. The van der Waals surface area contributed by atoms with E-state index in [4.69, 9.17) is 11.5 Å². The smallest absolute Gasteiger partial charge is 0.221 e. The third-order valence-electron chi connectivity index (χ3n) is 4.49. The van der Waals surface area contributed by atoms with Gasteiger partial charge in [0, 0.05) is 26.2 Å². The van der Waals surface area contributed by atoms with Crippen LogP contribution in [-0.4, -0.2) is 60.9 Å². The van der Waals surface area contributed by atoms with Crippen LogP contribution in [0.1, 0.15) is 38.5 Å². The van der Waals surface area contributed by atoms with Gasteiger partial charge >= 0.3 is 0 Å². The summed E-state index contributed by atoms with van der Waals surface area (Å²) in [6, 6.07) is 0. The van der Waals surface area contributed by atoms with Gasteiger partial charge in [0.05, 0.1) is 5.92 Å². The number of guanidine groups is 1. The van der Waals surface area contributed by atoms with Crippen LogP contribution in [0, 0.1) is 5.92 Å². The molecule has 128 valence electrons. The number of hydrogen-bond acceptors (Lipinski definition) is 3. The van der Waals surface area contributed by atoms with Crippen LogP contribution in [-0.2, 0) is 4.79 Å². The lowest BCUT2D eigenvalue weighted by molar-refractivity contribution is -0.123. The molecule has 4 N–H and O–H groups in total. The summed E-state index contributed by atoms with van der Waals surface area (Å²) in [7, 11) is 0. The third-order valence-corrected chi connectivity index (χ3v) is 4.49. The molecule has 1 amide bonds. The number of primary amides is 1. The van der Waals surface area contributed by atoms with Crippen molar-refractivity contribution in [1.82, 2.24) is 9.80 Å². The van der Waals surface area contributed by atoms with Gasteiger partial charge in [-0.15, -0.1) is 24.0 Å². The molecule has 7 heteroatoms. The van der Waals surface area contributed by atoms with Crippen LogP contribution in [0.4, 0.5) is 0 Å². The largest absolute Gasteiger partial charge is 0.370 e. The molecule has 2 heterocycles. The summed E-state index contributed by atoms with van der Waals surface area (Å²) >= 11 is 0. The van der Waals surface area contributed by atoms with Crippen LogP contribution in [0.2, 0.25) is 0 Å². The van der Waals surface area contributed by atoms with E-state index in [1.807, 2.05) is 0 Å². The average Bonchev–Trinajstić information content (AvgIpc) is 2.52. The highest BCUT2D eigenvalue weighted by atomic mass is 127. The first-order valence-corrected chi connectivity index (χ1v) is 8.23. The lowest BCUT2D eigenvalue weighted by Crippen LogP contribution is -2.42. The van der Waals surface area contributed by atoms with Crippen LogP contribution < -0.4 is 11.5 Å². The quantitative estimate of drug-likeness (QED) is 0.299. The van der Waals surface area contributed by atoms with Crippen molar-refractivity contribution in [2.45, 2.75) is 38.5 Å². The van der Waals surface area contributed by atoms with Crippen molar-refractivity contribution in [3.05, 3.63) is 0 Å². The number of piperidine rings is 2. The van der Waals surface area contributed by atoms with Crippen LogP contribution >= 0.6 is 24.0 Å². The summed E-state index contributed by atoms with van der Waals surface area (Å²) < 4.78 is 0. The highest BCUT2D eigenvalue weighted by molar-refractivity contribution is 14.0. The summed E-state index contributed by atoms with van der Waals surface area (Å²) in [6.07, 6.45) is 6.73. The first-order valence-electron chi connectivity index (χ1n) is 8.23. The maximum atomic E-state index is 11.2. The van der Waals surface area contributed by atoms with Crippen molar-refractivity contribution in [1.29, 1.82) is 0 Å². The normalized spacial score (nSPS) is 23.9. The predicted molar refractivity (Wildman–Crippen MR) is 100 cm³/mol. The van der Waals surface area contributed by atoms with E-state index in [0.717, 1.165) is 58.5 Å². The molecule has 0 aromatic heterocycles. The fraction of sp³-hybridized carbons (Fsp3) is 0.867. The molecule has 2 aliphatic heterocycles. The molecule has 2 aliphatic rings. The molecule has 0 radical (unpaired) electrons. The molecule has 2 rings (SSSR count). The summed E-state index contributed by atoms with van der Waals surface area (Å²) in [5.74, 6) is 0.566. The Labute approximate surface area is 150 Å². The zero-order valence-electron chi connectivity index (χ0n) is 13.4. The van der Waals surface area contributed by atoms with Crippen molar-refractivity contribution in [2.24, 2.45) is 22.4 Å². The molecule has 2 fully saturated rings. The first-order chi connectivity index (χ1) is 10.2. The summed E-state index contributed by atoms with van der Waals surface area (Å²) in [5, 5.41) is 0. The number of carbonyl (C=O) groups excluding carboxylic acids is 1. The summed E-state index contributed by atoms with van der Waals surface area (Å²) in [4.78, 5) is 20.2. The Morgan fingerprint density at radius 3 is 2.50 bits per heavy atom. The molecule has 0 aromatic carbocycles. The Balaban J connectivity index is 0.00000242. The number of hydrogen-bond donors (Lipinski definition) is 2. The molecule has 0 bridgehead atoms. The standard InChI is InChI=1S/C15H29N5O.HI/c16-14(21)13-6-4-8-19(12-13)9-5-7-18-15(17)20-10-2-1-3-11-20;/h13H,1-12H2,(H2,16,21)(H2,17,18);1H. The summed E-state index contributed by atoms with van der Waals surface area (Å²) in [6.45, 7) is 5.69. The maximum absolute atomic E-state index is 11.2. The van der Waals surface area contributed by atoms with Gasteiger partial charge in [0.15, 0.2) is 5.96 Å². The van der Waals surface area contributed by atoms with Crippen LogP contribution in [0.5, 0.6) is 0 Å².